The van der Waals surface area contributed by atoms with E-state index >= 15 is 0 Å². The van der Waals surface area contributed by atoms with Gasteiger partial charge in [0.05, 0.1) is 5.56 Å². The lowest BCUT2D eigenvalue weighted by molar-refractivity contribution is -0.137. The summed E-state index contributed by atoms with van der Waals surface area (Å²) in [6, 6.07) is 13.5. The summed E-state index contributed by atoms with van der Waals surface area (Å²) in [7, 11) is 0. The fraction of sp³-hybridized carbons (Fsp3) is 0.167. The van der Waals surface area contributed by atoms with Crippen molar-refractivity contribution >= 4 is 17.2 Å². The van der Waals surface area contributed by atoms with E-state index in [9.17, 15) is 13.2 Å². The number of benzene rings is 2. The lowest BCUT2D eigenvalue weighted by Crippen LogP contribution is -2.10. The number of nitrogens with zero attached hydrogens (tertiary/aromatic N) is 1. The Labute approximate surface area is 198 Å². The number of pyridine rings is 1. The zero-order valence-electron chi connectivity index (χ0n) is 19.3. The average molecular weight is 458 g/mol. The van der Waals surface area contributed by atoms with E-state index in [2.05, 4.69) is 50.2 Å². The maximum Gasteiger partial charge on any atom is 0.417 e. The van der Waals surface area contributed by atoms with Crippen LogP contribution in [0.2, 0.25) is 0 Å². The Kier molecular flexibility index (Phi) is 6.43. The van der Waals surface area contributed by atoms with Gasteiger partial charge in [-0.1, -0.05) is 61.2 Å². The molecule has 1 aliphatic rings. The molecule has 0 amide bonds. The molecule has 0 N–H and O–H groups in total. The van der Waals surface area contributed by atoms with Gasteiger partial charge >= 0.3 is 6.18 Å². The van der Waals surface area contributed by atoms with Crippen molar-refractivity contribution in [3.63, 3.8) is 0 Å². The van der Waals surface area contributed by atoms with Gasteiger partial charge in [0.1, 0.15) is 0 Å². The zero-order valence-corrected chi connectivity index (χ0v) is 19.3. The Hall–Kier alpha value is -3.66. The molecule has 0 unspecified atom stereocenters. The van der Waals surface area contributed by atoms with E-state index in [4.69, 9.17) is 0 Å². The van der Waals surface area contributed by atoms with Crippen molar-refractivity contribution in [2.24, 2.45) is 0 Å². The van der Waals surface area contributed by atoms with Gasteiger partial charge in [-0.25, -0.2) is 0 Å². The molecule has 3 aromatic rings. The van der Waals surface area contributed by atoms with Crippen LogP contribution in [0.4, 0.5) is 13.2 Å². The lowest BCUT2D eigenvalue weighted by Gasteiger charge is -2.23. The van der Waals surface area contributed by atoms with E-state index in [1.54, 1.807) is 24.5 Å². The maximum atomic E-state index is 13.8. The third-order valence-corrected chi connectivity index (χ3v) is 6.31. The Morgan fingerprint density at radius 3 is 2.53 bits per heavy atom. The molecule has 172 valence electrons. The first kappa shape index (κ1) is 23.5. The minimum absolute atomic E-state index is 0.0907. The van der Waals surface area contributed by atoms with Crippen molar-refractivity contribution in [3.8, 4) is 0 Å². The second kappa shape index (κ2) is 9.30. The highest BCUT2D eigenvalue weighted by atomic mass is 19.4. The molecule has 0 saturated heterocycles. The van der Waals surface area contributed by atoms with Crippen molar-refractivity contribution in [3.05, 3.63) is 130 Å². The SMILES string of the molecule is C=C1C=C(C)c2ccc(C/C(=C/c3cccnc3)C(=C)c3ccccc3C(F)(F)F)c(C)c2C1. The Balaban J connectivity index is 1.81. The molecule has 1 nitrogen and oxygen atoms in total. The van der Waals surface area contributed by atoms with Crippen LogP contribution in [0.3, 0.4) is 0 Å². The van der Waals surface area contributed by atoms with Crippen molar-refractivity contribution in [2.45, 2.75) is 32.9 Å². The highest BCUT2D eigenvalue weighted by Crippen LogP contribution is 2.39. The number of fused-ring (bicyclic) bond motifs is 1. The van der Waals surface area contributed by atoms with Crippen molar-refractivity contribution in [2.75, 3.05) is 0 Å². The number of allylic oxidation sites excluding steroid dienone is 5. The highest BCUT2D eigenvalue weighted by molar-refractivity contribution is 5.85. The molecule has 0 spiro atoms. The normalized spacial score (nSPS) is 14.0. The number of rotatable bonds is 5. The summed E-state index contributed by atoms with van der Waals surface area (Å²) in [6.45, 7) is 12.4. The molecule has 0 atom stereocenters. The Morgan fingerprint density at radius 2 is 1.82 bits per heavy atom. The first-order valence-corrected chi connectivity index (χ1v) is 11.1. The first-order valence-electron chi connectivity index (χ1n) is 11.1. The first-order chi connectivity index (χ1) is 16.1. The van der Waals surface area contributed by atoms with Gasteiger partial charge in [-0.3, -0.25) is 4.98 Å². The highest BCUT2D eigenvalue weighted by Gasteiger charge is 2.34. The second-order valence-corrected chi connectivity index (χ2v) is 8.69. The van der Waals surface area contributed by atoms with Crippen LogP contribution in [0.15, 0.2) is 91.3 Å². The predicted octanol–water partition coefficient (Wildman–Crippen LogP) is 8.26. The van der Waals surface area contributed by atoms with Crippen molar-refractivity contribution in [1.29, 1.82) is 0 Å². The average Bonchev–Trinajstić information content (AvgIpc) is 2.80. The summed E-state index contributed by atoms with van der Waals surface area (Å²) in [5.41, 5.74) is 8.15. The van der Waals surface area contributed by atoms with Gasteiger partial charge in [0.15, 0.2) is 0 Å². The number of aromatic nitrogens is 1. The molecular weight excluding hydrogens is 431 g/mol. The molecular formula is C30H26F3N. The zero-order chi connectivity index (χ0) is 24.5. The quantitative estimate of drug-likeness (QED) is 0.351. The molecule has 0 fully saturated rings. The number of hydrogen-bond acceptors (Lipinski definition) is 1. The maximum absolute atomic E-state index is 13.8. The van der Waals surface area contributed by atoms with Gasteiger partial charge < -0.3 is 0 Å². The summed E-state index contributed by atoms with van der Waals surface area (Å²) in [6.07, 6.45) is 4.10. The fourth-order valence-electron chi connectivity index (χ4n) is 4.54. The topological polar surface area (TPSA) is 12.9 Å². The largest absolute Gasteiger partial charge is 0.417 e. The molecule has 1 aromatic heterocycles. The molecule has 34 heavy (non-hydrogen) atoms. The number of hydrogen-bond donors (Lipinski definition) is 0. The monoisotopic (exact) mass is 457 g/mol. The van der Waals surface area contributed by atoms with E-state index < -0.39 is 11.7 Å². The van der Waals surface area contributed by atoms with E-state index in [0.717, 1.165) is 40.3 Å². The smallest absolute Gasteiger partial charge is 0.264 e. The van der Waals surface area contributed by atoms with Crippen LogP contribution in [0.25, 0.3) is 17.2 Å². The molecule has 4 rings (SSSR count). The van der Waals surface area contributed by atoms with E-state index in [1.165, 1.54) is 28.8 Å². The third-order valence-electron chi connectivity index (χ3n) is 6.31. The van der Waals surface area contributed by atoms with Crippen molar-refractivity contribution in [1.82, 2.24) is 4.98 Å². The molecule has 2 aromatic carbocycles. The summed E-state index contributed by atoms with van der Waals surface area (Å²) in [5, 5.41) is 0. The number of alkyl halides is 3. The van der Waals surface area contributed by atoms with Crippen LogP contribution < -0.4 is 0 Å². The molecule has 4 heteroatoms. The predicted molar refractivity (Wildman–Crippen MR) is 134 cm³/mol. The van der Waals surface area contributed by atoms with Gasteiger partial charge in [0.2, 0.25) is 0 Å². The molecule has 0 bridgehead atoms. The Morgan fingerprint density at radius 1 is 1.06 bits per heavy atom. The summed E-state index contributed by atoms with van der Waals surface area (Å²) in [4.78, 5) is 4.16. The van der Waals surface area contributed by atoms with E-state index in [-0.39, 0.29) is 5.56 Å². The third kappa shape index (κ3) is 4.81. The molecule has 1 aliphatic carbocycles. The van der Waals surface area contributed by atoms with Gasteiger partial charge in [0, 0.05) is 12.4 Å². The van der Waals surface area contributed by atoms with Crippen LogP contribution in [0.1, 0.15) is 45.9 Å². The Bertz CT molecular complexity index is 1320. The summed E-state index contributed by atoms with van der Waals surface area (Å²) in [5.74, 6) is 0. The minimum Gasteiger partial charge on any atom is -0.264 e. The van der Waals surface area contributed by atoms with Crippen LogP contribution >= 0.6 is 0 Å². The number of halogens is 3. The van der Waals surface area contributed by atoms with Crippen LogP contribution in [0, 0.1) is 6.92 Å². The molecule has 0 aliphatic heterocycles. The molecule has 0 saturated carbocycles. The van der Waals surface area contributed by atoms with Gasteiger partial charge in [0.25, 0.3) is 0 Å². The minimum atomic E-state index is -4.47. The molecule has 1 heterocycles. The van der Waals surface area contributed by atoms with Gasteiger partial charge in [-0.15, -0.1) is 0 Å². The van der Waals surface area contributed by atoms with E-state index in [1.807, 2.05) is 12.1 Å². The fourth-order valence-corrected chi connectivity index (χ4v) is 4.54. The lowest BCUT2D eigenvalue weighted by atomic mass is 9.82. The second-order valence-electron chi connectivity index (χ2n) is 8.69. The van der Waals surface area contributed by atoms with Crippen LogP contribution in [-0.2, 0) is 19.0 Å². The van der Waals surface area contributed by atoms with Crippen LogP contribution in [-0.4, -0.2) is 4.98 Å². The van der Waals surface area contributed by atoms with Crippen molar-refractivity contribution < 1.29 is 13.2 Å². The van der Waals surface area contributed by atoms with Crippen LogP contribution in [0.5, 0.6) is 0 Å². The standard InChI is InChI=1S/C30H26F3N/c1-19-14-20(2)26-12-11-24(21(3)28(26)15-19)17-25(16-23-8-7-13-34-18-23)22(4)27-9-5-6-10-29(27)30(31,32)33/h5-14,16,18H,1,4,15,17H2,2-3H3/b25-16-. The van der Waals surface area contributed by atoms with Gasteiger partial charge in [-0.2, -0.15) is 13.2 Å². The molecule has 0 radical (unpaired) electrons. The summed E-state index contributed by atoms with van der Waals surface area (Å²) >= 11 is 0. The summed E-state index contributed by atoms with van der Waals surface area (Å²) < 4.78 is 41.3. The van der Waals surface area contributed by atoms with Gasteiger partial charge in [-0.05, 0) is 95.0 Å². The van der Waals surface area contributed by atoms with E-state index in [0.29, 0.717) is 12.0 Å².